The van der Waals surface area contributed by atoms with Gasteiger partial charge in [-0.25, -0.2) is 0 Å². The van der Waals surface area contributed by atoms with Gasteiger partial charge in [0.1, 0.15) is 12.4 Å². The normalized spacial score (nSPS) is 16.9. The van der Waals surface area contributed by atoms with Crippen LogP contribution in [0.1, 0.15) is 51.7 Å². The summed E-state index contributed by atoms with van der Waals surface area (Å²) in [5.74, 6) is 1.29. The molecule has 2 bridgehead atoms. The van der Waals surface area contributed by atoms with Crippen molar-refractivity contribution in [3.63, 3.8) is 0 Å². The molecule has 2 aliphatic rings. The van der Waals surface area contributed by atoms with Gasteiger partial charge in [-0.3, -0.25) is 9.78 Å². The number of ether oxygens (including phenoxy) is 2. The van der Waals surface area contributed by atoms with E-state index in [1.54, 1.807) is 11.1 Å². The summed E-state index contributed by atoms with van der Waals surface area (Å²) in [6.07, 6.45) is 6.35. The number of fused-ring (bicyclic) bond motifs is 3. The van der Waals surface area contributed by atoms with Crippen molar-refractivity contribution < 1.29 is 18.8 Å². The highest BCUT2D eigenvalue weighted by Crippen LogP contribution is 2.29. The molecule has 0 aliphatic carbocycles. The van der Waals surface area contributed by atoms with Gasteiger partial charge in [0.2, 0.25) is 5.76 Å². The van der Waals surface area contributed by atoms with Crippen LogP contribution in [-0.4, -0.2) is 60.4 Å². The number of carbonyl (C=O) groups excluding carboxylic acids is 1. The quantitative estimate of drug-likeness (QED) is 0.399. The van der Waals surface area contributed by atoms with Crippen molar-refractivity contribution in [3.05, 3.63) is 101 Å². The highest BCUT2D eigenvalue weighted by atomic mass is 16.5. The summed E-state index contributed by atoms with van der Waals surface area (Å²) in [6.45, 7) is 4.07. The van der Waals surface area contributed by atoms with Crippen LogP contribution in [0.2, 0.25) is 0 Å². The highest BCUT2D eigenvalue weighted by molar-refractivity contribution is 5.91. The third kappa shape index (κ3) is 6.24. The molecule has 1 saturated heterocycles. The molecule has 6 rings (SSSR count). The summed E-state index contributed by atoms with van der Waals surface area (Å²) < 4.78 is 17.6. The fraction of sp³-hybridized carbons (Fsp3) is 0.344. The Morgan fingerprint density at radius 1 is 0.925 bits per heavy atom. The summed E-state index contributed by atoms with van der Waals surface area (Å²) >= 11 is 0. The van der Waals surface area contributed by atoms with Gasteiger partial charge in [-0.05, 0) is 66.4 Å². The molecule has 1 amide bonds. The van der Waals surface area contributed by atoms with Crippen molar-refractivity contribution in [1.82, 2.24) is 20.4 Å². The van der Waals surface area contributed by atoms with Crippen LogP contribution < -0.4 is 10.1 Å². The maximum atomic E-state index is 13.6. The topological polar surface area (TPSA) is 89.7 Å². The standard InChI is InChI=1S/C32H34N4O4/c37-32(31-20-29(35-40-31)25-8-11-33-12-9-25)36-13-14-38-15-16-39-30-7-6-26(27-5-2-10-34-21-27)19-28(30)18-23-3-1-4-24(17-23)22-36/h1-7,10,17,19-21,25,33H,8-9,11-16,18,22H2. The smallest absolute Gasteiger partial charge is 0.292 e. The number of hydrogen-bond acceptors (Lipinski definition) is 7. The minimum atomic E-state index is -0.170. The van der Waals surface area contributed by atoms with E-state index >= 15 is 0 Å². The largest absolute Gasteiger partial charge is 0.491 e. The van der Waals surface area contributed by atoms with E-state index < -0.39 is 0 Å². The molecule has 206 valence electrons. The Balaban J connectivity index is 1.24. The van der Waals surface area contributed by atoms with Crippen molar-refractivity contribution in [2.45, 2.75) is 31.7 Å². The zero-order valence-corrected chi connectivity index (χ0v) is 22.6. The fourth-order valence-corrected chi connectivity index (χ4v) is 5.45. The van der Waals surface area contributed by atoms with Gasteiger partial charge in [0, 0.05) is 49.5 Å². The molecule has 4 aromatic rings. The van der Waals surface area contributed by atoms with E-state index in [0.717, 1.165) is 65.2 Å². The Morgan fingerprint density at radius 3 is 2.70 bits per heavy atom. The number of rotatable bonds is 3. The van der Waals surface area contributed by atoms with Crippen LogP contribution in [0, 0.1) is 0 Å². The molecule has 0 radical (unpaired) electrons. The zero-order valence-electron chi connectivity index (χ0n) is 22.6. The maximum absolute atomic E-state index is 13.6. The molecule has 4 heterocycles. The average molecular weight is 539 g/mol. The van der Waals surface area contributed by atoms with Crippen LogP contribution in [-0.2, 0) is 17.7 Å². The molecule has 0 saturated carbocycles. The molecular weight excluding hydrogens is 504 g/mol. The van der Waals surface area contributed by atoms with Gasteiger partial charge < -0.3 is 24.2 Å². The molecule has 1 fully saturated rings. The van der Waals surface area contributed by atoms with E-state index in [1.807, 2.05) is 30.5 Å². The lowest BCUT2D eigenvalue weighted by Crippen LogP contribution is -2.33. The molecule has 8 heteroatoms. The third-order valence-electron chi connectivity index (χ3n) is 7.59. The summed E-state index contributed by atoms with van der Waals surface area (Å²) in [7, 11) is 0. The summed E-state index contributed by atoms with van der Waals surface area (Å²) in [5, 5.41) is 7.62. The number of piperidine rings is 1. The van der Waals surface area contributed by atoms with Crippen LogP contribution in [0.25, 0.3) is 11.1 Å². The second-order valence-corrected chi connectivity index (χ2v) is 10.4. The Bertz CT molecular complexity index is 1430. The van der Waals surface area contributed by atoms with Crippen LogP contribution in [0.4, 0.5) is 0 Å². The molecule has 1 N–H and O–H groups in total. The molecule has 0 unspecified atom stereocenters. The minimum absolute atomic E-state index is 0.170. The first-order valence-corrected chi connectivity index (χ1v) is 14.0. The number of nitrogens with zero attached hydrogens (tertiary/aromatic N) is 3. The lowest BCUT2D eigenvalue weighted by Gasteiger charge is -2.23. The van der Waals surface area contributed by atoms with Crippen LogP contribution in [0.3, 0.4) is 0 Å². The fourth-order valence-electron chi connectivity index (χ4n) is 5.45. The summed E-state index contributed by atoms with van der Waals surface area (Å²) in [6, 6.07) is 20.5. The van der Waals surface area contributed by atoms with Crippen molar-refractivity contribution in [3.8, 4) is 16.9 Å². The van der Waals surface area contributed by atoms with Crippen LogP contribution >= 0.6 is 0 Å². The first kappa shape index (κ1) is 26.2. The van der Waals surface area contributed by atoms with Crippen LogP contribution in [0.15, 0.2) is 77.6 Å². The monoisotopic (exact) mass is 538 g/mol. The van der Waals surface area contributed by atoms with Crippen molar-refractivity contribution in [2.75, 3.05) is 39.5 Å². The van der Waals surface area contributed by atoms with E-state index in [2.05, 4.69) is 51.9 Å². The number of amides is 1. The molecule has 40 heavy (non-hydrogen) atoms. The Labute approximate surface area is 234 Å². The van der Waals surface area contributed by atoms with Crippen molar-refractivity contribution >= 4 is 5.91 Å². The SMILES string of the molecule is O=C(c1cc(C2CCNCC2)no1)N1CCOCCOc2ccc(-c3cccnc3)cc2Cc2cccc(c2)C1. The second-order valence-electron chi connectivity index (χ2n) is 10.4. The number of nitrogens with one attached hydrogen (secondary N) is 1. The van der Waals surface area contributed by atoms with E-state index in [9.17, 15) is 4.79 Å². The van der Waals surface area contributed by atoms with E-state index in [1.165, 1.54) is 0 Å². The van der Waals surface area contributed by atoms with Crippen molar-refractivity contribution in [2.24, 2.45) is 0 Å². The molecular formula is C32H34N4O4. The van der Waals surface area contributed by atoms with E-state index in [-0.39, 0.29) is 11.7 Å². The maximum Gasteiger partial charge on any atom is 0.292 e. The van der Waals surface area contributed by atoms with Crippen molar-refractivity contribution in [1.29, 1.82) is 0 Å². The zero-order chi connectivity index (χ0) is 27.1. The first-order chi connectivity index (χ1) is 19.7. The Hall–Kier alpha value is -4.01. The summed E-state index contributed by atoms with van der Waals surface area (Å²) in [4.78, 5) is 19.6. The van der Waals surface area contributed by atoms with Crippen LogP contribution in [0.5, 0.6) is 5.75 Å². The Morgan fingerprint density at radius 2 is 1.82 bits per heavy atom. The average Bonchev–Trinajstić information content (AvgIpc) is 3.50. The Kier molecular flexibility index (Phi) is 8.16. The molecule has 2 aliphatic heterocycles. The third-order valence-corrected chi connectivity index (χ3v) is 7.59. The lowest BCUT2D eigenvalue weighted by atomic mass is 9.94. The van der Waals surface area contributed by atoms with E-state index in [4.69, 9.17) is 14.0 Å². The predicted molar refractivity (Wildman–Crippen MR) is 151 cm³/mol. The number of pyridine rings is 1. The molecule has 0 spiro atoms. The number of benzene rings is 2. The molecule has 0 atom stereocenters. The second kappa shape index (κ2) is 12.4. The van der Waals surface area contributed by atoms with Gasteiger partial charge >= 0.3 is 0 Å². The number of aromatic nitrogens is 2. The summed E-state index contributed by atoms with van der Waals surface area (Å²) in [5.41, 5.74) is 6.32. The number of hydrogen-bond donors (Lipinski definition) is 1. The lowest BCUT2D eigenvalue weighted by molar-refractivity contribution is 0.0540. The molecule has 8 nitrogen and oxygen atoms in total. The van der Waals surface area contributed by atoms with E-state index in [0.29, 0.717) is 45.2 Å². The molecule has 2 aromatic carbocycles. The van der Waals surface area contributed by atoms with Gasteiger partial charge in [0.05, 0.1) is 18.9 Å². The highest BCUT2D eigenvalue weighted by Gasteiger charge is 2.25. The van der Waals surface area contributed by atoms with Gasteiger partial charge in [-0.15, -0.1) is 0 Å². The van der Waals surface area contributed by atoms with Gasteiger partial charge in [0.25, 0.3) is 5.91 Å². The minimum Gasteiger partial charge on any atom is -0.491 e. The van der Waals surface area contributed by atoms with Gasteiger partial charge in [0.15, 0.2) is 0 Å². The number of carbonyl (C=O) groups is 1. The molecule has 2 aromatic heterocycles. The van der Waals surface area contributed by atoms with Gasteiger partial charge in [-0.2, -0.15) is 0 Å². The first-order valence-electron chi connectivity index (χ1n) is 14.0. The van der Waals surface area contributed by atoms with Gasteiger partial charge in [-0.1, -0.05) is 41.6 Å². The predicted octanol–water partition coefficient (Wildman–Crippen LogP) is 4.85.